The van der Waals surface area contributed by atoms with E-state index in [0.29, 0.717) is 0 Å². The zero-order chi connectivity index (χ0) is 11.1. The Morgan fingerprint density at radius 2 is 1.88 bits per heavy atom. The van der Waals surface area contributed by atoms with Gasteiger partial charge in [0.1, 0.15) is 0 Å². The molecule has 1 saturated carbocycles. The summed E-state index contributed by atoms with van der Waals surface area (Å²) in [5.41, 5.74) is 1.19. The lowest BCUT2D eigenvalue weighted by Crippen LogP contribution is -1.99. The van der Waals surface area contributed by atoms with Crippen LogP contribution < -0.4 is 0 Å². The quantitative estimate of drug-likeness (QED) is 0.830. The van der Waals surface area contributed by atoms with Gasteiger partial charge in [-0.3, -0.25) is 4.79 Å². The Hall–Kier alpha value is -1.83. The lowest BCUT2D eigenvalue weighted by Gasteiger charge is -2.04. The molecule has 2 aromatic carbocycles. The van der Waals surface area contributed by atoms with E-state index in [1.54, 1.807) is 0 Å². The molecule has 1 fully saturated rings. The van der Waals surface area contributed by atoms with E-state index >= 15 is 0 Å². The van der Waals surface area contributed by atoms with Crippen molar-refractivity contribution in [1.82, 2.24) is 0 Å². The minimum atomic E-state index is -0.669. The first kappa shape index (κ1) is 9.40. The van der Waals surface area contributed by atoms with Crippen LogP contribution in [-0.2, 0) is 4.79 Å². The van der Waals surface area contributed by atoms with Gasteiger partial charge in [-0.25, -0.2) is 0 Å². The predicted molar refractivity (Wildman–Crippen MR) is 62.4 cm³/mol. The normalized spacial score (nSPS) is 23.2. The van der Waals surface area contributed by atoms with E-state index in [1.807, 2.05) is 18.2 Å². The van der Waals surface area contributed by atoms with Gasteiger partial charge in [0.2, 0.25) is 0 Å². The molecule has 2 aromatic rings. The summed E-state index contributed by atoms with van der Waals surface area (Å²) >= 11 is 0. The molecule has 1 aliphatic carbocycles. The zero-order valence-electron chi connectivity index (χ0n) is 8.76. The molecule has 3 rings (SSSR count). The van der Waals surface area contributed by atoms with E-state index in [-0.39, 0.29) is 11.8 Å². The van der Waals surface area contributed by atoms with Crippen LogP contribution in [0.25, 0.3) is 10.8 Å². The van der Waals surface area contributed by atoms with Crippen LogP contribution in [0.3, 0.4) is 0 Å². The summed E-state index contributed by atoms with van der Waals surface area (Å²) < 4.78 is 0. The van der Waals surface area contributed by atoms with E-state index in [2.05, 4.69) is 24.3 Å². The van der Waals surface area contributed by atoms with Crippen LogP contribution in [0.5, 0.6) is 0 Å². The van der Waals surface area contributed by atoms with Crippen LogP contribution in [0.15, 0.2) is 42.5 Å². The number of aliphatic carboxylic acids is 1. The Labute approximate surface area is 93.5 Å². The fraction of sp³-hybridized carbons (Fsp3) is 0.214. The number of benzene rings is 2. The fourth-order valence-corrected chi connectivity index (χ4v) is 2.39. The van der Waals surface area contributed by atoms with Gasteiger partial charge in [0.05, 0.1) is 5.92 Å². The summed E-state index contributed by atoms with van der Waals surface area (Å²) in [5.74, 6) is -0.632. The molecule has 1 aliphatic rings. The van der Waals surface area contributed by atoms with Gasteiger partial charge in [-0.1, -0.05) is 42.5 Å². The van der Waals surface area contributed by atoms with Crippen LogP contribution in [-0.4, -0.2) is 11.1 Å². The third-order valence-electron chi connectivity index (χ3n) is 3.33. The van der Waals surface area contributed by atoms with Gasteiger partial charge < -0.3 is 5.11 Å². The van der Waals surface area contributed by atoms with E-state index in [9.17, 15) is 4.79 Å². The molecule has 0 aromatic heterocycles. The Balaban J connectivity index is 2.08. The van der Waals surface area contributed by atoms with Gasteiger partial charge in [0.15, 0.2) is 0 Å². The number of carboxylic acid groups (broad SMARTS) is 1. The van der Waals surface area contributed by atoms with Gasteiger partial charge >= 0.3 is 5.97 Å². The number of rotatable bonds is 2. The minimum absolute atomic E-state index is 0.175. The fourth-order valence-electron chi connectivity index (χ4n) is 2.39. The molecule has 2 nitrogen and oxygen atoms in total. The zero-order valence-corrected chi connectivity index (χ0v) is 8.76. The molecule has 0 saturated heterocycles. The molecule has 0 heterocycles. The molecule has 0 unspecified atom stereocenters. The van der Waals surface area contributed by atoms with Crippen LogP contribution in [0.4, 0.5) is 0 Å². The second kappa shape index (κ2) is 3.34. The molecule has 80 valence electrons. The average Bonchev–Trinajstić information content (AvgIpc) is 3.08. The number of hydrogen-bond acceptors (Lipinski definition) is 1. The molecule has 16 heavy (non-hydrogen) atoms. The molecule has 0 spiro atoms. The molecule has 0 amide bonds. The van der Waals surface area contributed by atoms with Crippen molar-refractivity contribution in [2.45, 2.75) is 12.3 Å². The highest BCUT2D eigenvalue weighted by Crippen LogP contribution is 2.49. The summed E-state index contributed by atoms with van der Waals surface area (Å²) in [6.07, 6.45) is 0.781. The van der Waals surface area contributed by atoms with Gasteiger partial charge in [0.25, 0.3) is 0 Å². The lowest BCUT2D eigenvalue weighted by molar-refractivity contribution is -0.138. The van der Waals surface area contributed by atoms with Crippen molar-refractivity contribution in [2.24, 2.45) is 5.92 Å². The van der Waals surface area contributed by atoms with Crippen LogP contribution >= 0.6 is 0 Å². The van der Waals surface area contributed by atoms with Crippen LogP contribution in [0.2, 0.25) is 0 Å². The first-order valence-electron chi connectivity index (χ1n) is 5.48. The molecular formula is C14H12O2. The molecule has 0 aliphatic heterocycles. The van der Waals surface area contributed by atoms with Crippen molar-refractivity contribution in [3.8, 4) is 0 Å². The third kappa shape index (κ3) is 1.38. The molecule has 0 radical (unpaired) electrons. The van der Waals surface area contributed by atoms with Gasteiger partial charge in [-0.2, -0.15) is 0 Å². The first-order valence-corrected chi connectivity index (χ1v) is 5.48. The summed E-state index contributed by atoms with van der Waals surface area (Å²) in [7, 11) is 0. The number of hydrogen-bond donors (Lipinski definition) is 1. The maximum atomic E-state index is 10.9. The predicted octanol–water partition coefficient (Wildman–Crippen LogP) is 3.03. The Bertz CT molecular complexity index is 554. The van der Waals surface area contributed by atoms with Crippen molar-refractivity contribution in [3.63, 3.8) is 0 Å². The second-order valence-electron chi connectivity index (χ2n) is 4.36. The van der Waals surface area contributed by atoms with Gasteiger partial charge in [-0.15, -0.1) is 0 Å². The molecular weight excluding hydrogens is 200 g/mol. The van der Waals surface area contributed by atoms with Crippen LogP contribution in [0, 0.1) is 5.92 Å². The SMILES string of the molecule is O=C(O)[C@H]1C[C@@H]1c1cccc2ccccc12. The maximum absolute atomic E-state index is 10.9. The van der Waals surface area contributed by atoms with E-state index in [1.165, 1.54) is 16.3 Å². The van der Waals surface area contributed by atoms with Crippen molar-refractivity contribution in [2.75, 3.05) is 0 Å². The Kier molecular flexibility index (Phi) is 1.96. The smallest absolute Gasteiger partial charge is 0.307 e. The summed E-state index contributed by atoms with van der Waals surface area (Å²) in [6.45, 7) is 0. The molecule has 1 N–H and O–H groups in total. The van der Waals surface area contributed by atoms with Crippen molar-refractivity contribution in [3.05, 3.63) is 48.0 Å². The van der Waals surface area contributed by atoms with Crippen molar-refractivity contribution < 1.29 is 9.90 Å². The highest BCUT2D eigenvalue weighted by atomic mass is 16.4. The highest BCUT2D eigenvalue weighted by molar-refractivity contribution is 5.88. The largest absolute Gasteiger partial charge is 0.481 e. The molecule has 0 bridgehead atoms. The lowest BCUT2D eigenvalue weighted by atomic mass is 10.0. The summed E-state index contributed by atoms with van der Waals surface area (Å²) in [6, 6.07) is 14.3. The maximum Gasteiger partial charge on any atom is 0.307 e. The minimum Gasteiger partial charge on any atom is -0.481 e. The van der Waals surface area contributed by atoms with E-state index in [4.69, 9.17) is 5.11 Å². The topological polar surface area (TPSA) is 37.3 Å². The Morgan fingerprint density at radius 3 is 2.62 bits per heavy atom. The number of carboxylic acids is 1. The summed E-state index contributed by atoms with van der Waals surface area (Å²) in [4.78, 5) is 10.9. The highest BCUT2D eigenvalue weighted by Gasteiger charge is 2.44. The van der Waals surface area contributed by atoms with Gasteiger partial charge in [-0.05, 0) is 28.7 Å². The van der Waals surface area contributed by atoms with Crippen LogP contribution in [0.1, 0.15) is 17.9 Å². The number of carbonyl (C=O) groups is 1. The average molecular weight is 212 g/mol. The first-order chi connectivity index (χ1) is 7.77. The second-order valence-corrected chi connectivity index (χ2v) is 4.36. The molecule has 2 atom stereocenters. The standard InChI is InChI=1S/C14H12O2/c15-14(16)13-8-12(13)11-7-3-5-9-4-1-2-6-10(9)11/h1-7,12-13H,8H2,(H,15,16)/t12-,13+/m1/s1. The van der Waals surface area contributed by atoms with Gasteiger partial charge in [0, 0.05) is 0 Å². The monoisotopic (exact) mass is 212 g/mol. The molecule has 2 heteroatoms. The van der Waals surface area contributed by atoms with E-state index in [0.717, 1.165) is 6.42 Å². The summed E-state index contributed by atoms with van der Waals surface area (Å²) in [5, 5.41) is 11.3. The number of fused-ring (bicyclic) bond motifs is 1. The van der Waals surface area contributed by atoms with E-state index < -0.39 is 5.97 Å². The van der Waals surface area contributed by atoms with Crippen molar-refractivity contribution in [1.29, 1.82) is 0 Å². The third-order valence-corrected chi connectivity index (χ3v) is 3.33. The van der Waals surface area contributed by atoms with Crippen molar-refractivity contribution >= 4 is 16.7 Å². The Morgan fingerprint density at radius 1 is 1.12 bits per heavy atom.